The van der Waals surface area contributed by atoms with Crippen LogP contribution in [0.4, 0.5) is 5.69 Å². The number of nitriles is 1. The highest BCUT2D eigenvalue weighted by Crippen LogP contribution is 2.14. The van der Waals surface area contributed by atoms with Crippen molar-refractivity contribution in [3.8, 4) is 6.07 Å². The van der Waals surface area contributed by atoms with Crippen LogP contribution in [0.2, 0.25) is 0 Å². The van der Waals surface area contributed by atoms with Gasteiger partial charge in [0.1, 0.15) is 18.7 Å². The first-order chi connectivity index (χ1) is 8.70. The van der Waals surface area contributed by atoms with Crippen LogP contribution in [0.25, 0.3) is 0 Å². The van der Waals surface area contributed by atoms with Gasteiger partial charge in [0, 0.05) is 17.7 Å². The van der Waals surface area contributed by atoms with Gasteiger partial charge in [-0.2, -0.15) is 5.26 Å². The van der Waals surface area contributed by atoms with E-state index in [1.54, 1.807) is 12.1 Å². The van der Waals surface area contributed by atoms with Crippen LogP contribution < -0.4 is 0 Å². The Balaban J connectivity index is 2.18. The molecular formula is C11H8N4O3. The van der Waals surface area contributed by atoms with Crippen LogP contribution in [0, 0.1) is 21.4 Å². The number of hydrogen-bond acceptors (Lipinski definition) is 6. The first-order valence-electron chi connectivity index (χ1n) is 5.08. The quantitative estimate of drug-likeness (QED) is 0.595. The fourth-order valence-corrected chi connectivity index (χ4v) is 1.40. The van der Waals surface area contributed by atoms with Gasteiger partial charge in [0.05, 0.1) is 11.0 Å². The van der Waals surface area contributed by atoms with Crippen LogP contribution in [-0.2, 0) is 4.74 Å². The van der Waals surface area contributed by atoms with Crippen molar-refractivity contribution < 1.29 is 9.66 Å². The highest BCUT2D eigenvalue weighted by atomic mass is 16.6. The molecule has 0 amide bonds. The number of nitrogens with zero attached hydrogens (tertiary/aromatic N) is 4. The third kappa shape index (κ3) is 2.49. The lowest BCUT2D eigenvalue weighted by Gasteiger charge is -2.12. The van der Waals surface area contributed by atoms with Crippen molar-refractivity contribution in [3.05, 3.63) is 39.9 Å². The molecule has 0 aromatic heterocycles. The number of benzene rings is 1. The lowest BCUT2D eigenvalue weighted by molar-refractivity contribution is -0.384. The SMILES string of the molecule is N#CCC1=NN=C(c2ccc([N+](=O)[O-])cc2)CO1. The molecule has 1 aromatic carbocycles. The number of nitro groups is 1. The summed E-state index contributed by atoms with van der Waals surface area (Å²) in [5.74, 6) is 0.281. The van der Waals surface area contributed by atoms with E-state index in [4.69, 9.17) is 10.00 Å². The molecule has 1 aliphatic rings. The zero-order valence-electron chi connectivity index (χ0n) is 9.24. The maximum Gasteiger partial charge on any atom is 0.269 e. The Labute approximate surface area is 102 Å². The molecule has 2 rings (SSSR count). The van der Waals surface area contributed by atoms with Gasteiger partial charge in [0.25, 0.3) is 5.69 Å². The third-order valence-electron chi connectivity index (χ3n) is 2.30. The smallest absolute Gasteiger partial charge is 0.269 e. The zero-order chi connectivity index (χ0) is 13.0. The predicted octanol–water partition coefficient (Wildman–Crippen LogP) is 1.64. The van der Waals surface area contributed by atoms with Crippen LogP contribution in [-0.4, -0.2) is 23.1 Å². The molecule has 0 unspecified atom stereocenters. The fourth-order valence-electron chi connectivity index (χ4n) is 1.40. The van der Waals surface area contributed by atoms with Gasteiger partial charge < -0.3 is 4.74 Å². The second kappa shape index (κ2) is 5.05. The Bertz CT molecular complexity index is 569. The molecule has 0 saturated carbocycles. The van der Waals surface area contributed by atoms with E-state index in [2.05, 4.69) is 10.2 Å². The topological polar surface area (TPSA) is 101 Å². The Kier molecular flexibility index (Phi) is 3.29. The van der Waals surface area contributed by atoms with Crippen LogP contribution in [0.1, 0.15) is 12.0 Å². The summed E-state index contributed by atoms with van der Waals surface area (Å²) >= 11 is 0. The fraction of sp³-hybridized carbons (Fsp3) is 0.182. The minimum atomic E-state index is -0.466. The molecule has 1 aliphatic heterocycles. The second-order valence-electron chi connectivity index (χ2n) is 3.47. The molecule has 0 atom stereocenters. The average Bonchev–Trinajstić information content (AvgIpc) is 2.40. The predicted molar refractivity (Wildman–Crippen MR) is 63.3 cm³/mol. The number of rotatable bonds is 3. The standard InChI is InChI=1S/C11H8N4O3/c12-6-5-11-14-13-10(7-18-11)8-1-3-9(4-2-8)15(16)17/h1-4H,5,7H2. The van der Waals surface area contributed by atoms with Crippen LogP contribution in [0.5, 0.6) is 0 Å². The molecule has 0 N–H and O–H groups in total. The molecule has 1 aromatic rings. The summed E-state index contributed by atoms with van der Waals surface area (Å²) in [4.78, 5) is 10.0. The van der Waals surface area contributed by atoms with E-state index in [-0.39, 0.29) is 24.6 Å². The van der Waals surface area contributed by atoms with Gasteiger partial charge in [-0.1, -0.05) is 0 Å². The van der Waals surface area contributed by atoms with E-state index in [0.717, 1.165) is 0 Å². The summed E-state index contributed by atoms with van der Waals surface area (Å²) in [6.45, 7) is 0.207. The lowest BCUT2D eigenvalue weighted by Crippen LogP contribution is -2.18. The number of hydrogen-bond donors (Lipinski definition) is 0. The highest BCUT2D eigenvalue weighted by molar-refractivity contribution is 6.03. The monoisotopic (exact) mass is 244 g/mol. The summed E-state index contributed by atoms with van der Waals surface area (Å²) in [5, 5.41) is 26.7. The third-order valence-corrected chi connectivity index (χ3v) is 2.30. The van der Waals surface area contributed by atoms with Gasteiger partial charge in [0.2, 0.25) is 5.90 Å². The van der Waals surface area contributed by atoms with Crippen LogP contribution in [0.3, 0.4) is 0 Å². The first kappa shape index (κ1) is 11.7. The van der Waals surface area contributed by atoms with Crippen LogP contribution in [0.15, 0.2) is 34.5 Å². The number of non-ortho nitro benzene ring substituents is 1. The maximum atomic E-state index is 10.5. The van der Waals surface area contributed by atoms with Gasteiger partial charge in [-0.25, -0.2) is 0 Å². The molecule has 0 aliphatic carbocycles. The molecule has 7 nitrogen and oxygen atoms in total. The van der Waals surface area contributed by atoms with Gasteiger partial charge >= 0.3 is 0 Å². The van der Waals surface area contributed by atoms with Crippen molar-refractivity contribution in [2.75, 3.05) is 6.61 Å². The Hall–Kier alpha value is -2.75. The molecular weight excluding hydrogens is 236 g/mol. The van der Waals surface area contributed by atoms with E-state index in [0.29, 0.717) is 11.3 Å². The largest absolute Gasteiger partial charge is 0.472 e. The molecule has 0 radical (unpaired) electrons. The van der Waals surface area contributed by atoms with E-state index >= 15 is 0 Å². The molecule has 18 heavy (non-hydrogen) atoms. The first-order valence-corrected chi connectivity index (χ1v) is 5.08. The van der Waals surface area contributed by atoms with Crippen molar-refractivity contribution in [1.29, 1.82) is 5.26 Å². The molecule has 7 heteroatoms. The normalized spacial score (nSPS) is 13.9. The molecule has 0 saturated heterocycles. The molecule has 0 bridgehead atoms. The molecule has 1 heterocycles. The van der Waals surface area contributed by atoms with Gasteiger partial charge in [-0.15, -0.1) is 10.2 Å². The zero-order valence-corrected chi connectivity index (χ0v) is 9.24. The highest BCUT2D eigenvalue weighted by Gasteiger charge is 2.13. The van der Waals surface area contributed by atoms with Crippen molar-refractivity contribution >= 4 is 17.3 Å². The van der Waals surface area contributed by atoms with Crippen molar-refractivity contribution in [2.24, 2.45) is 10.2 Å². The van der Waals surface area contributed by atoms with Crippen molar-refractivity contribution in [1.82, 2.24) is 0 Å². The van der Waals surface area contributed by atoms with Gasteiger partial charge in [-0.05, 0) is 12.1 Å². The maximum absolute atomic E-state index is 10.5. The summed E-state index contributed by atoms with van der Waals surface area (Å²) in [5.41, 5.74) is 1.30. The average molecular weight is 244 g/mol. The summed E-state index contributed by atoms with van der Waals surface area (Å²) in [6, 6.07) is 7.88. The van der Waals surface area contributed by atoms with Gasteiger partial charge in [0.15, 0.2) is 0 Å². The summed E-state index contributed by atoms with van der Waals surface area (Å²) < 4.78 is 5.23. The van der Waals surface area contributed by atoms with Gasteiger partial charge in [-0.3, -0.25) is 10.1 Å². The minimum Gasteiger partial charge on any atom is -0.472 e. The minimum absolute atomic E-state index is 0.0183. The Morgan fingerprint density at radius 1 is 1.39 bits per heavy atom. The Morgan fingerprint density at radius 2 is 2.11 bits per heavy atom. The molecule has 0 spiro atoms. The number of nitro benzene ring substituents is 1. The molecule has 90 valence electrons. The lowest BCUT2D eigenvalue weighted by atomic mass is 10.1. The number of ether oxygens (including phenoxy) is 1. The molecule has 0 fully saturated rings. The summed E-state index contributed by atoms with van der Waals surface area (Å²) in [6.07, 6.45) is 0.0804. The second-order valence-corrected chi connectivity index (χ2v) is 3.47. The van der Waals surface area contributed by atoms with E-state index in [1.807, 2.05) is 6.07 Å². The Morgan fingerprint density at radius 3 is 2.61 bits per heavy atom. The van der Waals surface area contributed by atoms with E-state index < -0.39 is 4.92 Å². The van der Waals surface area contributed by atoms with Crippen molar-refractivity contribution in [3.63, 3.8) is 0 Å². The van der Waals surface area contributed by atoms with Crippen molar-refractivity contribution in [2.45, 2.75) is 6.42 Å². The van der Waals surface area contributed by atoms with E-state index in [9.17, 15) is 10.1 Å². The van der Waals surface area contributed by atoms with Crippen LogP contribution >= 0.6 is 0 Å². The van der Waals surface area contributed by atoms with E-state index in [1.165, 1.54) is 12.1 Å². The summed E-state index contributed by atoms with van der Waals surface area (Å²) in [7, 11) is 0.